The maximum atomic E-state index is 12.2. The van der Waals surface area contributed by atoms with Gasteiger partial charge in [0, 0.05) is 12.1 Å². The molecule has 0 aliphatic carbocycles. The maximum absolute atomic E-state index is 12.2. The second-order valence-electron chi connectivity index (χ2n) is 6.51. The normalized spacial score (nSPS) is 19.1. The molecule has 2 atom stereocenters. The summed E-state index contributed by atoms with van der Waals surface area (Å²) in [6.45, 7) is 7.34. The van der Waals surface area contributed by atoms with Crippen molar-refractivity contribution < 1.29 is 9.53 Å². The summed E-state index contributed by atoms with van der Waals surface area (Å²) in [6.07, 6.45) is 0.868. The molecule has 0 spiro atoms. The Labute approximate surface area is 125 Å². The molecule has 0 aromatic heterocycles. The number of benzene rings is 1. The number of fused-ring (bicyclic) bond motifs is 1. The van der Waals surface area contributed by atoms with E-state index >= 15 is 0 Å². The fourth-order valence-electron chi connectivity index (χ4n) is 2.45. The molecule has 0 radical (unpaired) electrons. The van der Waals surface area contributed by atoms with E-state index in [1.807, 2.05) is 24.3 Å². The summed E-state index contributed by atoms with van der Waals surface area (Å²) in [5.74, 6) is 0.587. The van der Waals surface area contributed by atoms with Crippen LogP contribution in [0.25, 0.3) is 0 Å². The first-order valence-electron chi connectivity index (χ1n) is 7.00. The van der Waals surface area contributed by atoms with E-state index in [9.17, 15) is 4.79 Å². The molecule has 4 heteroatoms. The van der Waals surface area contributed by atoms with Crippen LogP contribution in [0.2, 0.25) is 0 Å². The van der Waals surface area contributed by atoms with Gasteiger partial charge in [0.25, 0.3) is 0 Å². The summed E-state index contributed by atoms with van der Waals surface area (Å²) in [5.41, 5.74) is 1.13. The molecule has 0 fully saturated rings. The molecule has 1 aliphatic heterocycles. The zero-order valence-corrected chi connectivity index (χ0v) is 13.0. The first-order valence-corrected chi connectivity index (χ1v) is 7.44. The summed E-state index contributed by atoms with van der Waals surface area (Å²) in [6, 6.07) is 7.68. The number of hydrogen-bond donors (Lipinski definition) is 1. The van der Waals surface area contributed by atoms with Gasteiger partial charge in [-0.25, -0.2) is 0 Å². The minimum Gasteiger partial charge on any atom is -0.492 e. The van der Waals surface area contributed by atoms with Gasteiger partial charge in [-0.15, -0.1) is 11.6 Å². The van der Waals surface area contributed by atoms with Crippen LogP contribution in [0.4, 0.5) is 0 Å². The number of nitrogens with one attached hydrogen (secondary N) is 1. The van der Waals surface area contributed by atoms with E-state index < -0.39 is 0 Å². The highest BCUT2D eigenvalue weighted by Gasteiger charge is 2.30. The lowest BCUT2D eigenvalue weighted by Crippen LogP contribution is -2.35. The summed E-state index contributed by atoms with van der Waals surface area (Å²) < 4.78 is 5.53. The Balaban J connectivity index is 1.88. The first kappa shape index (κ1) is 15.2. The lowest BCUT2D eigenvalue weighted by Gasteiger charge is -2.22. The van der Waals surface area contributed by atoms with Crippen LogP contribution < -0.4 is 10.1 Å². The van der Waals surface area contributed by atoms with Gasteiger partial charge in [-0.1, -0.05) is 39.0 Å². The van der Waals surface area contributed by atoms with Gasteiger partial charge in [-0.3, -0.25) is 4.79 Å². The Morgan fingerprint density at radius 1 is 1.45 bits per heavy atom. The number of amides is 1. The molecule has 2 unspecified atom stereocenters. The van der Waals surface area contributed by atoms with Crippen molar-refractivity contribution in [2.45, 2.75) is 38.5 Å². The van der Waals surface area contributed by atoms with Crippen molar-refractivity contribution in [3.63, 3.8) is 0 Å². The zero-order chi connectivity index (χ0) is 14.8. The largest absolute Gasteiger partial charge is 0.492 e. The van der Waals surface area contributed by atoms with Crippen molar-refractivity contribution in [2.75, 3.05) is 13.2 Å². The topological polar surface area (TPSA) is 38.3 Å². The van der Waals surface area contributed by atoms with Gasteiger partial charge in [0.05, 0.1) is 5.38 Å². The third kappa shape index (κ3) is 3.89. The van der Waals surface area contributed by atoms with Gasteiger partial charge in [-0.05, 0) is 17.9 Å². The zero-order valence-electron chi connectivity index (χ0n) is 12.3. The molecular weight excluding hydrogens is 274 g/mol. The van der Waals surface area contributed by atoms with E-state index in [-0.39, 0.29) is 22.6 Å². The SMILES string of the molecule is CC(C)(C)CC(Cl)CNC(=O)C1COc2ccccc21. The molecular formula is C16H22ClNO2. The molecule has 1 amide bonds. The average Bonchev–Trinajstić information content (AvgIpc) is 2.78. The minimum absolute atomic E-state index is 0.00508. The Hall–Kier alpha value is -1.22. The highest BCUT2D eigenvalue weighted by molar-refractivity contribution is 6.20. The quantitative estimate of drug-likeness (QED) is 0.865. The van der Waals surface area contributed by atoms with Crippen molar-refractivity contribution >= 4 is 17.5 Å². The number of carbonyl (C=O) groups excluding carboxylic acids is 1. The summed E-state index contributed by atoms with van der Waals surface area (Å²) in [7, 11) is 0. The lowest BCUT2D eigenvalue weighted by atomic mass is 9.90. The predicted octanol–water partition coefficient (Wildman–Crippen LogP) is 3.32. The van der Waals surface area contributed by atoms with Gasteiger partial charge < -0.3 is 10.1 Å². The van der Waals surface area contributed by atoms with Crippen LogP contribution in [0.15, 0.2) is 24.3 Å². The Morgan fingerprint density at radius 2 is 2.15 bits per heavy atom. The van der Waals surface area contributed by atoms with Gasteiger partial charge in [-0.2, -0.15) is 0 Å². The standard InChI is InChI=1S/C16H22ClNO2/c1-16(2,3)8-11(17)9-18-15(19)13-10-20-14-7-5-4-6-12(13)14/h4-7,11,13H,8-10H2,1-3H3,(H,18,19). The van der Waals surface area contributed by atoms with E-state index in [2.05, 4.69) is 26.1 Å². The molecule has 0 saturated carbocycles. The van der Waals surface area contributed by atoms with E-state index in [0.717, 1.165) is 17.7 Å². The van der Waals surface area contributed by atoms with E-state index in [1.165, 1.54) is 0 Å². The van der Waals surface area contributed by atoms with Crippen molar-refractivity contribution in [1.29, 1.82) is 0 Å². The Kier molecular flexibility index (Phi) is 4.59. The van der Waals surface area contributed by atoms with Crippen LogP contribution in [0.1, 0.15) is 38.7 Å². The van der Waals surface area contributed by atoms with Crippen LogP contribution in [0.3, 0.4) is 0 Å². The molecule has 1 aromatic carbocycles. The van der Waals surface area contributed by atoms with Gasteiger partial charge >= 0.3 is 0 Å². The number of para-hydroxylation sites is 1. The average molecular weight is 296 g/mol. The smallest absolute Gasteiger partial charge is 0.231 e. The van der Waals surface area contributed by atoms with Crippen LogP contribution in [-0.4, -0.2) is 24.4 Å². The molecule has 1 heterocycles. The number of halogens is 1. The molecule has 20 heavy (non-hydrogen) atoms. The number of alkyl halides is 1. The fraction of sp³-hybridized carbons (Fsp3) is 0.562. The van der Waals surface area contributed by atoms with E-state index in [4.69, 9.17) is 16.3 Å². The molecule has 110 valence electrons. The minimum atomic E-state index is -0.218. The monoisotopic (exact) mass is 295 g/mol. The van der Waals surface area contributed by atoms with Crippen molar-refractivity contribution in [1.82, 2.24) is 5.32 Å². The lowest BCUT2D eigenvalue weighted by molar-refractivity contribution is -0.122. The molecule has 3 nitrogen and oxygen atoms in total. The fourth-order valence-corrected chi connectivity index (χ4v) is 2.99. The first-order chi connectivity index (χ1) is 9.37. The van der Waals surface area contributed by atoms with Gasteiger partial charge in [0.1, 0.15) is 18.3 Å². The van der Waals surface area contributed by atoms with Crippen LogP contribution >= 0.6 is 11.6 Å². The second kappa shape index (κ2) is 6.04. The number of carbonyl (C=O) groups is 1. The van der Waals surface area contributed by atoms with Crippen molar-refractivity contribution in [3.8, 4) is 5.75 Å². The summed E-state index contributed by atoms with van der Waals surface area (Å²) in [4.78, 5) is 12.2. The van der Waals surface area contributed by atoms with Crippen molar-refractivity contribution in [3.05, 3.63) is 29.8 Å². The molecule has 0 bridgehead atoms. The van der Waals surface area contributed by atoms with E-state index in [1.54, 1.807) is 0 Å². The maximum Gasteiger partial charge on any atom is 0.231 e. The third-order valence-electron chi connectivity index (χ3n) is 3.35. The number of hydrogen-bond acceptors (Lipinski definition) is 2. The van der Waals surface area contributed by atoms with Crippen LogP contribution in [0.5, 0.6) is 5.75 Å². The molecule has 1 aromatic rings. The molecule has 1 N–H and O–H groups in total. The highest BCUT2D eigenvalue weighted by Crippen LogP contribution is 2.33. The third-order valence-corrected chi connectivity index (χ3v) is 3.66. The number of rotatable bonds is 4. The van der Waals surface area contributed by atoms with Gasteiger partial charge in [0.15, 0.2) is 0 Å². The van der Waals surface area contributed by atoms with Crippen molar-refractivity contribution in [2.24, 2.45) is 5.41 Å². The van der Waals surface area contributed by atoms with Crippen LogP contribution in [0, 0.1) is 5.41 Å². The summed E-state index contributed by atoms with van der Waals surface area (Å²) >= 11 is 6.27. The molecule has 2 rings (SSSR count). The summed E-state index contributed by atoms with van der Waals surface area (Å²) in [5, 5.41) is 2.89. The Bertz CT molecular complexity index is 482. The molecule has 1 aliphatic rings. The van der Waals surface area contributed by atoms with Crippen LogP contribution in [-0.2, 0) is 4.79 Å². The van der Waals surface area contributed by atoms with E-state index in [0.29, 0.717) is 13.2 Å². The molecule has 0 saturated heterocycles. The predicted molar refractivity (Wildman–Crippen MR) is 81.4 cm³/mol. The number of ether oxygens (including phenoxy) is 1. The highest BCUT2D eigenvalue weighted by atomic mass is 35.5. The van der Waals surface area contributed by atoms with Gasteiger partial charge in [0.2, 0.25) is 5.91 Å². The second-order valence-corrected chi connectivity index (χ2v) is 7.13. The Morgan fingerprint density at radius 3 is 2.85 bits per heavy atom.